The van der Waals surface area contributed by atoms with Gasteiger partial charge in [0.05, 0.1) is 18.6 Å². The number of thiophene rings is 1. The van der Waals surface area contributed by atoms with Crippen molar-refractivity contribution in [1.29, 1.82) is 0 Å². The van der Waals surface area contributed by atoms with Gasteiger partial charge in [0.2, 0.25) is 0 Å². The monoisotopic (exact) mass is 261 g/mol. The van der Waals surface area contributed by atoms with Gasteiger partial charge in [0.15, 0.2) is 0 Å². The first kappa shape index (κ1) is 11.9. The predicted octanol–water partition coefficient (Wildman–Crippen LogP) is 2.98. The van der Waals surface area contributed by atoms with Crippen LogP contribution in [-0.4, -0.2) is 16.1 Å². The van der Waals surface area contributed by atoms with E-state index < -0.39 is 0 Å². The summed E-state index contributed by atoms with van der Waals surface area (Å²) < 4.78 is 2.30. The fourth-order valence-electron chi connectivity index (χ4n) is 2.67. The topological polar surface area (TPSA) is 29.9 Å². The molecule has 0 aliphatic carbocycles. The van der Waals surface area contributed by atoms with Crippen molar-refractivity contribution >= 4 is 11.3 Å². The highest BCUT2D eigenvalue weighted by Gasteiger charge is 2.20. The maximum atomic E-state index is 4.33. The molecule has 2 aromatic rings. The Kier molecular flexibility index (Phi) is 3.48. The number of nitrogens with zero attached hydrogens (tertiary/aromatic N) is 2. The minimum atomic E-state index is 0.498. The Morgan fingerprint density at radius 1 is 1.56 bits per heavy atom. The zero-order valence-corrected chi connectivity index (χ0v) is 11.5. The molecule has 3 nitrogen and oxygen atoms in total. The zero-order valence-electron chi connectivity index (χ0n) is 10.7. The summed E-state index contributed by atoms with van der Waals surface area (Å²) >= 11 is 1.85. The first-order chi connectivity index (χ1) is 8.88. The number of hydrogen-bond acceptors (Lipinski definition) is 3. The van der Waals surface area contributed by atoms with Crippen LogP contribution < -0.4 is 5.32 Å². The van der Waals surface area contributed by atoms with Crippen LogP contribution in [0.1, 0.15) is 41.9 Å². The molecule has 3 heterocycles. The Morgan fingerprint density at radius 2 is 2.50 bits per heavy atom. The van der Waals surface area contributed by atoms with Crippen molar-refractivity contribution in [2.45, 2.75) is 38.8 Å². The summed E-state index contributed by atoms with van der Waals surface area (Å²) in [6.07, 6.45) is 7.60. The van der Waals surface area contributed by atoms with Gasteiger partial charge >= 0.3 is 0 Å². The fourth-order valence-corrected chi connectivity index (χ4v) is 3.64. The van der Waals surface area contributed by atoms with Crippen LogP contribution in [0, 0.1) is 0 Å². The molecule has 0 unspecified atom stereocenters. The van der Waals surface area contributed by atoms with Crippen molar-refractivity contribution in [1.82, 2.24) is 14.9 Å². The Hall–Kier alpha value is -1.13. The van der Waals surface area contributed by atoms with Crippen LogP contribution in [0.5, 0.6) is 0 Å². The lowest BCUT2D eigenvalue weighted by molar-refractivity contribution is 0.585. The van der Waals surface area contributed by atoms with Gasteiger partial charge < -0.3 is 9.88 Å². The molecule has 1 aliphatic rings. The molecule has 96 valence electrons. The molecule has 1 N–H and O–H groups in total. The van der Waals surface area contributed by atoms with Crippen LogP contribution in [-0.2, 0) is 13.0 Å². The first-order valence-corrected chi connectivity index (χ1v) is 7.55. The average molecular weight is 261 g/mol. The van der Waals surface area contributed by atoms with Gasteiger partial charge in [-0.15, -0.1) is 11.3 Å². The second kappa shape index (κ2) is 5.24. The highest BCUT2D eigenvalue weighted by Crippen LogP contribution is 2.25. The van der Waals surface area contributed by atoms with Gasteiger partial charge in [-0.1, -0.05) is 6.92 Å². The molecule has 2 aromatic heterocycles. The molecule has 18 heavy (non-hydrogen) atoms. The van der Waals surface area contributed by atoms with Crippen molar-refractivity contribution in [3.63, 3.8) is 0 Å². The molecule has 0 radical (unpaired) electrons. The minimum Gasteiger partial charge on any atom is -0.328 e. The van der Waals surface area contributed by atoms with E-state index >= 15 is 0 Å². The van der Waals surface area contributed by atoms with Crippen LogP contribution in [0.3, 0.4) is 0 Å². The summed E-state index contributed by atoms with van der Waals surface area (Å²) in [6, 6.07) is 2.74. The van der Waals surface area contributed by atoms with E-state index in [2.05, 4.69) is 33.2 Å². The zero-order chi connectivity index (χ0) is 12.4. The smallest absolute Gasteiger partial charge is 0.0952 e. The second-order valence-corrected chi connectivity index (χ2v) is 5.82. The van der Waals surface area contributed by atoms with E-state index in [0.29, 0.717) is 6.04 Å². The Bertz CT molecular complexity index is 509. The molecule has 1 fully saturated rings. The molecule has 0 amide bonds. The van der Waals surface area contributed by atoms with Gasteiger partial charge in [-0.25, -0.2) is 4.98 Å². The summed E-state index contributed by atoms with van der Waals surface area (Å²) in [7, 11) is 0. The van der Waals surface area contributed by atoms with Gasteiger partial charge in [0, 0.05) is 17.1 Å². The molecule has 4 heteroatoms. The first-order valence-electron chi connectivity index (χ1n) is 6.67. The molecule has 1 atom stereocenters. The SMILES string of the molecule is CCc1ccsc1Cn1cncc1[C@@H]1CCCN1. The summed E-state index contributed by atoms with van der Waals surface area (Å²) in [6.45, 7) is 4.32. The lowest BCUT2D eigenvalue weighted by Crippen LogP contribution is -2.17. The quantitative estimate of drug-likeness (QED) is 0.917. The van der Waals surface area contributed by atoms with Crippen molar-refractivity contribution in [2.75, 3.05) is 6.54 Å². The minimum absolute atomic E-state index is 0.498. The fraction of sp³-hybridized carbons (Fsp3) is 0.500. The highest BCUT2D eigenvalue weighted by atomic mass is 32.1. The summed E-state index contributed by atoms with van der Waals surface area (Å²) in [5, 5.41) is 5.74. The number of aryl methyl sites for hydroxylation is 1. The average Bonchev–Trinajstić information content (AvgIpc) is 3.09. The molecule has 1 saturated heterocycles. The highest BCUT2D eigenvalue weighted by molar-refractivity contribution is 7.10. The molecule has 3 rings (SSSR count). The van der Waals surface area contributed by atoms with Gasteiger partial charge in [-0.3, -0.25) is 0 Å². The van der Waals surface area contributed by atoms with Gasteiger partial charge in [-0.05, 0) is 42.8 Å². The van der Waals surface area contributed by atoms with Crippen molar-refractivity contribution in [3.05, 3.63) is 40.1 Å². The van der Waals surface area contributed by atoms with Crippen molar-refractivity contribution in [2.24, 2.45) is 0 Å². The van der Waals surface area contributed by atoms with Crippen LogP contribution in [0.25, 0.3) is 0 Å². The van der Waals surface area contributed by atoms with Crippen molar-refractivity contribution < 1.29 is 0 Å². The Balaban J connectivity index is 1.82. The molecule has 0 bridgehead atoms. The van der Waals surface area contributed by atoms with E-state index in [1.807, 2.05) is 23.9 Å². The number of aromatic nitrogens is 2. The number of hydrogen-bond donors (Lipinski definition) is 1. The van der Waals surface area contributed by atoms with Crippen LogP contribution in [0.2, 0.25) is 0 Å². The molecular weight excluding hydrogens is 242 g/mol. The number of imidazole rings is 1. The van der Waals surface area contributed by atoms with E-state index in [9.17, 15) is 0 Å². The molecule has 0 saturated carbocycles. The third-order valence-electron chi connectivity index (χ3n) is 3.69. The standard InChI is InChI=1S/C14H19N3S/c1-2-11-5-7-18-14(11)9-17-10-15-8-13(17)12-4-3-6-16-12/h5,7-8,10,12,16H,2-4,6,9H2,1H3/t12-/m0/s1. The third kappa shape index (κ3) is 2.22. The summed E-state index contributed by atoms with van der Waals surface area (Å²) in [4.78, 5) is 5.80. The van der Waals surface area contributed by atoms with E-state index in [-0.39, 0.29) is 0 Å². The molecule has 0 aromatic carbocycles. The second-order valence-electron chi connectivity index (χ2n) is 4.82. The summed E-state index contributed by atoms with van der Waals surface area (Å²) in [5.74, 6) is 0. The Morgan fingerprint density at radius 3 is 3.28 bits per heavy atom. The van der Waals surface area contributed by atoms with Crippen LogP contribution >= 0.6 is 11.3 Å². The van der Waals surface area contributed by atoms with Crippen molar-refractivity contribution in [3.8, 4) is 0 Å². The predicted molar refractivity (Wildman–Crippen MR) is 75.0 cm³/mol. The largest absolute Gasteiger partial charge is 0.328 e. The van der Waals surface area contributed by atoms with E-state index in [0.717, 1.165) is 19.5 Å². The molecule has 1 aliphatic heterocycles. The van der Waals surface area contributed by atoms with Crippen LogP contribution in [0.4, 0.5) is 0 Å². The van der Waals surface area contributed by atoms with Gasteiger partial charge in [0.25, 0.3) is 0 Å². The van der Waals surface area contributed by atoms with Crippen LogP contribution in [0.15, 0.2) is 24.0 Å². The van der Waals surface area contributed by atoms with Gasteiger partial charge in [-0.2, -0.15) is 0 Å². The Labute approximate surface area is 112 Å². The maximum absolute atomic E-state index is 4.33. The van der Waals surface area contributed by atoms with E-state index in [1.54, 1.807) is 0 Å². The lowest BCUT2D eigenvalue weighted by Gasteiger charge is -2.14. The summed E-state index contributed by atoms with van der Waals surface area (Å²) in [5.41, 5.74) is 2.81. The lowest BCUT2D eigenvalue weighted by atomic mass is 10.1. The maximum Gasteiger partial charge on any atom is 0.0952 e. The van der Waals surface area contributed by atoms with E-state index in [4.69, 9.17) is 0 Å². The molecular formula is C14H19N3S. The third-order valence-corrected chi connectivity index (χ3v) is 4.64. The number of rotatable bonds is 4. The number of nitrogens with one attached hydrogen (secondary N) is 1. The van der Waals surface area contributed by atoms with Gasteiger partial charge in [0.1, 0.15) is 0 Å². The normalized spacial score (nSPS) is 19.5. The van der Waals surface area contributed by atoms with E-state index in [1.165, 1.54) is 29.0 Å². The molecule has 0 spiro atoms.